The van der Waals surface area contributed by atoms with Gasteiger partial charge < -0.3 is 9.13 Å². The highest BCUT2D eigenvalue weighted by Gasteiger charge is 2.14. The number of hydrogen-bond acceptors (Lipinski definition) is 3. The lowest BCUT2D eigenvalue weighted by Gasteiger charge is -2.09. The molecule has 0 bridgehead atoms. The summed E-state index contributed by atoms with van der Waals surface area (Å²) in [4.78, 5) is 0. The van der Waals surface area contributed by atoms with Crippen LogP contribution in [-0.4, -0.2) is 19.3 Å². The number of rotatable bonds is 7. The molecule has 0 saturated heterocycles. The van der Waals surface area contributed by atoms with Gasteiger partial charge in [0.1, 0.15) is 11.6 Å². The molecule has 0 N–H and O–H groups in total. The van der Waals surface area contributed by atoms with Gasteiger partial charge in [-0.3, -0.25) is 0 Å². The second-order valence-corrected chi connectivity index (χ2v) is 6.96. The Morgan fingerprint density at radius 3 is 2.84 bits per heavy atom. The first kappa shape index (κ1) is 17.8. The third kappa shape index (κ3) is 4.14. The van der Waals surface area contributed by atoms with E-state index in [1.54, 1.807) is 6.07 Å². The van der Waals surface area contributed by atoms with Crippen LogP contribution < -0.4 is 0 Å². The minimum absolute atomic E-state index is 0.335. The Kier molecular flexibility index (Phi) is 5.60. The fraction of sp³-hybridized carbons (Fsp3) is 0.222. The van der Waals surface area contributed by atoms with Crippen LogP contribution in [0.5, 0.6) is 0 Å². The molecule has 2 aromatic heterocycles. The van der Waals surface area contributed by atoms with E-state index in [-0.39, 0.29) is 5.82 Å². The summed E-state index contributed by atoms with van der Waals surface area (Å²) in [5.74, 6) is 1.14. The molecule has 0 unspecified atom stereocenters. The van der Waals surface area contributed by atoms with E-state index in [4.69, 9.17) is 11.6 Å². The Labute approximate surface area is 155 Å². The van der Waals surface area contributed by atoms with Crippen molar-refractivity contribution in [1.82, 2.24) is 19.3 Å². The molecule has 0 spiro atoms. The summed E-state index contributed by atoms with van der Waals surface area (Å²) in [6.07, 6.45) is 4.53. The van der Waals surface area contributed by atoms with Gasteiger partial charge in [0.15, 0.2) is 5.16 Å². The first-order valence-electron chi connectivity index (χ1n) is 7.78. The van der Waals surface area contributed by atoms with Crippen molar-refractivity contribution in [2.75, 3.05) is 0 Å². The van der Waals surface area contributed by atoms with Crippen molar-refractivity contribution in [3.05, 3.63) is 77.1 Å². The Hall–Kier alpha value is -2.05. The van der Waals surface area contributed by atoms with E-state index in [0.717, 1.165) is 22.2 Å². The molecule has 4 nitrogen and oxygen atoms in total. The molecule has 0 amide bonds. The fourth-order valence-electron chi connectivity index (χ4n) is 2.49. The van der Waals surface area contributed by atoms with Gasteiger partial charge in [0.25, 0.3) is 0 Å². The number of aryl methyl sites for hydroxylation is 1. The highest BCUT2D eigenvalue weighted by molar-refractivity contribution is 7.98. The minimum Gasteiger partial charge on any atom is -0.354 e. The van der Waals surface area contributed by atoms with Crippen LogP contribution >= 0.6 is 23.4 Å². The second-order valence-electron chi connectivity index (χ2n) is 5.61. The molecule has 7 heteroatoms. The molecule has 0 saturated carbocycles. The predicted molar refractivity (Wildman–Crippen MR) is 99.4 cm³/mol. The van der Waals surface area contributed by atoms with Crippen molar-refractivity contribution < 1.29 is 4.39 Å². The molecular formula is C18H18ClFN4S. The lowest BCUT2D eigenvalue weighted by atomic mass is 10.2. The van der Waals surface area contributed by atoms with E-state index < -0.39 is 0 Å². The van der Waals surface area contributed by atoms with Gasteiger partial charge in [0.05, 0.1) is 0 Å². The van der Waals surface area contributed by atoms with Crippen LogP contribution in [0.1, 0.15) is 17.1 Å². The summed E-state index contributed by atoms with van der Waals surface area (Å²) in [5.41, 5.74) is 2.03. The lowest BCUT2D eigenvalue weighted by molar-refractivity contribution is 0.627. The van der Waals surface area contributed by atoms with Gasteiger partial charge in [-0.1, -0.05) is 35.5 Å². The van der Waals surface area contributed by atoms with Crippen molar-refractivity contribution in [2.45, 2.75) is 23.9 Å². The zero-order chi connectivity index (χ0) is 17.8. The average Bonchev–Trinajstić information content (AvgIpc) is 3.15. The molecule has 0 radical (unpaired) electrons. The van der Waals surface area contributed by atoms with Crippen molar-refractivity contribution in [3.63, 3.8) is 0 Å². The number of allylic oxidation sites excluding steroid dienone is 1. The molecule has 2 heterocycles. The van der Waals surface area contributed by atoms with E-state index in [9.17, 15) is 4.39 Å². The van der Waals surface area contributed by atoms with Crippen molar-refractivity contribution in [1.29, 1.82) is 0 Å². The van der Waals surface area contributed by atoms with Crippen molar-refractivity contribution in [2.24, 2.45) is 7.05 Å². The molecular weight excluding hydrogens is 359 g/mol. The maximum absolute atomic E-state index is 13.2. The van der Waals surface area contributed by atoms with Crippen LogP contribution in [0, 0.1) is 5.82 Å². The fourth-order valence-corrected chi connectivity index (χ4v) is 3.78. The van der Waals surface area contributed by atoms with Crippen molar-refractivity contribution >= 4 is 23.4 Å². The number of halogens is 2. The summed E-state index contributed by atoms with van der Waals surface area (Å²) >= 11 is 7.62. The number of aromatic nitrogens is 4. The summed E-state index contributed by atoms with van der Waals surface area (Å²) < 4.78 is 17.3. The highest BCUT2D eigenvalue weighted by atomic mass is 35.5. The van der Waals surface area contributed by atoms with Crippen LogP contribution in [0.4, 0.5) is 4.39 Å². The molecule has 25 heavy (non-hydrogen) atoms. The van der Waals surface area contributed by atoms with Gasteiger partial charge in [-0.05, 0) is 29.8 Å². The van der Waals surface area contributed by atoms with E-state index in [0.29, 0.717) is 23.7 Å². The SMILES string of the molecule is C=CCn1c(Cc2cccn2C)nnc1SCc1ccc(F)cc1Cl. The number of nitrogens with zero attached hydrogens (tertiary/aromatic N) is 4. The zero-order valence-corrected chi connectivity index (χ0v) is 15.4. The van der Waals surface area contributed by atoms with Crippen LogP contribution in [-0.2, 0) is 25.8 Å². The largest absolute Gasteiger partial charge is 0.354 e. The van der Waals surface area contributed by atoms with Gasteiger partial charge in [0.2, 0.25) is 0 Å². The van der Waals surface area contributed by atoms with E-state index >= 15 is 0 Å². The number of benzene rings is 1. The highest BCUT2D eigenvalue weighted by Crippen LogP contribution is 2.27. The normalized spacial score (nSPS) is 11.0. The predicted octanol–water partition coefficient (Wildman–Crippen LogP) is 4.48. The summed E-state index contributed by atoms with van der Waals surface area (Å²) in [6, 6.07) is 8.52. The monoisotopic (exact) mass is 376 g/mol. The summed E-state index contributed by atoms with van der Waals surface area (Å²) in [5, 5.41) is 9.86. The van der Waals surface area contributed by atoms with Crippen LogP contribution in [0.25, 0.3) is 0 Å². The second kappa shape index (κ2) is 7.89. The molecule has 130 valence electrons. The van der Waals surface area contributed by atoms with Gasteiger partial charge in [-0.2, -0.15) is 0 Å². The van der Waals surface area contributed by atoms with Crippen LogP contribution in [0.15, 0.2) is 54.3 Å². The minimum atomic E-state index is -0.335. The summed E-state index contributed by atoms with van der Waals surface area (Å²) in [7, 11) is 2.01. The van der Waals surface area contributed by atoms with Crippen LogP contribution in [0.2, 0.25) is 5.02 Å². The third-order valence-corrected chi connectivity index (χ3v) is 5.23. The third-order valence-electron chi connectivity index (χ3n) is 3.87. The smallest absolute Gasteiger partial charge is 0.191 e. The van der Waals surface area contributed by atoms with Crippen molar-refractivity contribution in [3.8, 4) is 0 Å². The summed E-state index contributed by atoms with van der Waals surface area (Å²) in [6.45, 7) is 4.45. The van der Waals surface area contributed by atoms with Crippen LogP contribution in [0.3, 0.4) is 0 Å². The van der Waals surface area contributed by atoms with Gasteiger partial charge >= 0.3 is 0 Å². The lowest BCUT2D eigenvalue weighted by Crippen LogP contribution is -2.06. The van der Waals surface area contributed by atoms with E-state index in [2.05, 4.69) is 27.4 Å². The first-order valence-corrected chi connectivity index (χ1v) is 9.14. The Morgan fingerprint density at radius 2 is 2.16 bits per heavy atom. The standard InChI is InChI=1S/C18H18ClFN4S/c1-3-8-24-17(11-15-5-4-9-23(15)2)21-22-18(24)25-12-13-6-7-14(20)10-16(13)19/h3-7,9-10H,1,8,11-12H2,2H3. The topological polar surface area (TPSA) is 35.6 Å². The molecule has 0 atom stereocenters. The molecule has 3 aromatic rings. The molecule has 3 rings (SSSR count). The molecule has 1 aromatic carbocycles. The Balaban J connectivity index is 1.79. The average molecular weight is 377 g/mol. The quantitative estimate of drug-likeness (QED) is 0.450. The first-order chi connectivity index (χ1) is 12.1. The molecule has 0 aliphatic carbocycles. The zero-order valence-electron chi connectivity index (χ0n) is 13.8. The molecule has 0 fully saturated rings. The maximum atomic E-state index is 13.2. The van der Waals surface area contributed by atoms with Gasteiger partial charge in [-0.25, -0.2) is 4.39 Å². The Morgan fingerprint density at radius 1 is 1.32 bits per heavy atom. The van der Waals surface area contributed by atoms with Gasteiger partial charge in [0, 0.05) is 42.7 Å². The molecule has 0 aliphatic heterocycles. The maximum Gasteiger partial charge on any atom is 0.191 e. The van der Waals surface area contributed by atoms with Gasteiger partial charge in [-0.15, -0.1) is 16.8 Å². The van der Waals surface area contributed by atoms with E-state index in [1.165, 1.54) is 23.9 Å². The van der Waals surface area contributed by atoms with E-state index in [1.807, 2.05) is 30.0 Å². The number of thioether (sulfide) groups is 1. The number of hydrogen-bond donors (Lipinski definition) is 0. The molecule has 0 aliphatic rings. The Bertz CT molecular complexity index is 887.